The van der Waals surface area contributed by atoms with Crippen molar-refractivity contribution in [1.29, 1.82) is 0 Å². The van der Waals surface area contributed by atoms with E-state index in [1.165, 1.54) is 18.3 Å². The SMILES string of the molecule is O=C(O)c1ccc2nc(C3CC3c3cc(-c4nccnc4OCc4ccc(Cl)cc4F)ccn3)n(CC3CCO3)c2n1. The number of pyridine rings is 2. The van der Waals surface area contributed by atoms with Gasteiger partial charge in [0.25, 0.3) is 0 Å². The minimum Gasteiger partial charge on any atom is -0.477 e. The van der Waals surface area contributed by atoms with Crippen LogP contribution in [0, 0.1) is 5.82 Å². The fourth-order valence-corrected chi connectivity index (χ4v) is 5.41. The van der Waals surface area contributed by atoms with E-state index in [1.54, 1.807) is 30.6 Å². The molecule has 0 bridgehead atoms. The maximum Gasteiger partial charge on any atom is 0.354 e. The molecule has 1 N–H and O–H groups in total. The van der Waals surface area contributed by atoms with Crippen LogP contribution < -0.4 is 4.74 Å². The Labute approximate surface area is 244 Å². The van der Waals surface area contributed by atoms with E-state index in [9.17, 15) is 14.3 Å². The Morgan fingerprint density at radius 1 is 1.07 bits per heavy atom. The van der Waals surface area contributed by atoms with Crippen LogP contribution in [0.15, 0.2) is 61.1 Å². The van der Waals surface area contributed by atoms with Crippen LogP contribution in [0.4, 0.5) is 4.39 Å². The van der Waals surface area contributed by atoms with E-state index < -0.39 is 11.8 Å². The van der Waals surface area contributed by atoms with Crippen molar-refractivity contribution in [3.05, 3.63) is 94.7 Å². The molecular weight excluding hydrogens is 563 g/mol. The monoisotopic (exact) mass is 586 g/mol. The molecule has 2 aliphatic rings. The lowest BCUT2D eigenvalue weighted by Crippen LogP contribution is -2.31. The van der Waals surface area contributed by atoms with Gasteiger partial charge in [-0.25, -0.2) is 29.1 Å². The van der Waals surface area contributed by atoms with Crippen LogP contribution in [0.2, 0.25) is 5.02 Å². The molecule has 0 spiro atoms. The second kappa shape index (κ2) is 10.7. The molecule has 5 heterocycles. The standard InChI is InChI=1S/C30H24ClFN6O4/c31-18-2-1-17(22(32)12-18)15-42-29-26(34-8-9-35-29)16-5-7-33-25(11-16)20-13-21(20)27-36-23-3-4-24(30(39)40)37-28(23)38(27)14-19-6-10-41-19/h1-5,7-9,11-12,19-21H,6,10,13-15H2,(H,39,40). The van der Waals surface area contributed by atoms with Crippen LogP contribution in [-0.4, -0.2) is 53.3 Å². The molecule has 10 nitrogen and oxygen atoms in total. The largest absolute Gasteiger partial charge is 0.477 e. The van der Waals surface area contributed by atoms with Gasteiger partial charge in [0, 0.05) is 58.9 Å². The van der Waals surface area contributed by atoms with Crippen LogP contribution in [0.3, 0.4) is 0 Å². The van der Waals surface area contributed by atoms with Gasteiger partial charge in [0.15, 0.2) is 11.3 Å². The van der Waals surface area contributed by atoms with Gasteiger partial charge in [0.05, 0.1) is 12.6 Å². The molecule has 212 valence electrons. The molecule has 0 radical (unpaired) electrons. The summed E-state index contributed by atoms with van der Waals surface area (Å²) in [5.74, 6) is -0.225. The number of imidazole rings is 1. The molecular formula is C30H24ClFN6O4. The predicted molar refractivity (Wildman–Crippen MR) is 150 cm³/mol. The van der Waals surface area contributed by atoms with Crippen molar-refractivity contribution in [1.82, 2.24) is 29.5 Å². The smallest absolute Gasteiger partial charge is 0.354 e. The van der Waals surface area contributed by atoms with E-state index in [-0.39, 0.29) is 36.1 Å². The van der Waals surface area contributed by atoms with E-state index in [1.807, 2.05) is 16.7 Å². The molecule has 1 saturated carbocycles. The zero-order valence-electron chi connectivity index (χ0n) is 22.2. The molecule has 3 unspecified atom stereocenters. The fraction of sp³-hybridized carbons (Fsp3) is 0.267. The predicted octanol–water partition coefficient (Wildman–Crippen LogP) is 5.41. The minimum absolute atomic E-state index is 0.0211. The Kier molecular flexibility index (Phi) is 6.75. The molecule has 4 aromatic heterocycles. The zero-order chi connectivity index (χ0) is 28.8. The van der Waals surface area contributed by atoms with Crippen molar-refractivity contribution in [3.8, 4) is 17.1 Å². The van der Waals surface area contributed by atoms with E-state index >= 15 is 0 Å². The first kappa shape index (κ1) is 26.4. The number of nitrogens with zero attached hydrogens (tertiary/aromatic N) is 6. The van der Waals surface area contributed by atoms with E-state index in [0.29, 0.717) is 40.6 Å². The van der Waals surface area contributed by atoms with E-state index in [0.717, 1.165) is 29.9 Å². The summed E-state index contributed by atoms with van der Waals surface area (Å²) in [4.78, 5) is 34.3. The third kappa shape index (κ3) is 5.05. The quantitative estimate of drug-likeness (QED) is 0.241. The summed E-state index contributed by atoms with van der Waals surface area (Å²) in [6.07, 6.45) is 6.64. The summed E-state index contributed by atoms with van der Waals surface area (Å²) in [6.45, 7) is 1.24. The van der Waals surface area contributed by atoms with Crippen LogP contribution in [0.1, 0.15) is 52.2 Å². The first-order valence-corrected chi connectivity index (χ1v) is 13.9. The summed E-state index contributed by atoms with van der Waals surface area (Å²) < 4.78 is 27.9. The number of rotatable bonds is 9. The lowest BCUT2D eigenvalue weighted by molar-refractivity contribution is -0.0590. The van der Waals surface area contributed by atoms with Crippen LogP contribution >= 0.6 is 11.6 Å². The molecule has 0 amide bonds. The molecule has 1 saturated heterocycles. The maximum absolute atomic E-state index is 14.3. The van der Waals surface area contributed by atoms with Gasteiger partial charge in [-0.3, -0.25) is 4.98 Å². The molecule has 2 fully saturated rings. The van der Waals surface area contributed by atoms with Gasteiger partial charge in [-0.15, -0.1) is 0 Å². The molecule has 12 heteroatoms. The molecule has 1 aromatic carbocycles. The van der Waals surface area contributed by atoms with Gasteiger partial charge in [-0.05, 0) is 49.2 Å². The number of aromatic carboxylic acids is 1. The molecule has 1 aliphatic heterocycles. The second-order valence-electron chi connectivity index (χ2n) is 10.4. The number of carboxylic acids is 1. The third-order valence-electron chi connectivity index (χ3n) is 7.62. The number of halogens is 2. The summed E-state index contributed by atoms with van der Waals surface area (Å²) in [6, 6.07) is 11.4. The Bertz CT molecular complexity index is 1830. The van der Waals surface area contributed by atoms with Gasteiger partial charge in [-0.1, -0.05) is 17.7 Å². The number of hydrogen-bond acceptors (Lipinski definition) is 8. The molecule has 5 aromatic rings. The highest BCUT2D eigenvalue weighted by atomic mass is 35.5. The summed E-state index contributed by atoms with van der Waals surface area (Å²) >= 11 is 5.87. The minimum atomic E-state index is -1.08. The number of hydrogen-bond donors (Lipinski definition) is 1. The fourth-order valence-electron chi connectivity index (χ4n) is 5.25. The van der Waals surface area contributed by atoms with Crippen molar-refractivity contribution in [2.75, 3.05) is 6.61 Å². The van der Waals surface area contributed by atoms with Gasteiger partial charge >= 0.3 is 5.97 Å². The molecule has 3 atom stereocenters. The Hall–Kier alpha value is -4.48. The van der Waals surface area contributed by atoms with Gasteiger partial charge < -0.3 is 19.1 Å². The number of carboxylic acid groups (broad SMARTS) is 1. The van der Waals surface area contributed by atoms with Gasteiger partial charge in [0.2, 0.25) is 5.88 Å². The number of fused-ring (bicyclic) bond motifs is 1. The lowest BCUT2D eigenvalue weighted by atomic mass is 10.1. The van der Waals surface area contributed by atoms with Gasteiger partial charge in [-0.2, -0.15) is 0 Å². The van der Waals surface area contributed by atoms with Crippen molar-refractivity contribution in [2.24, 2.45) is 0 Å². The van der Waals surface area contributed by atoms with E-state index in [4.69, 9.17) is 26.1 Å². The molecule has 42 heavy (non-hydrogen) atoms. The lowest BCUT2D eigenvalue weighted by Gasteiger charge is -2.27. The summed E-state index contributed by atoms with van der Waals surface area (Å²) in [7, 11) is 0. The highest BCUT2D eigenvalue weighted by Gasteiger charge is 2.44. The zero-order valence-corrected chi connectivity index (χ0v) is 22.9. The average molecular weight is 587 g/mol. The number of aromatic nitrogens is 6. The average Bonchev–Trinajstić information content (AvgIpc) is 3.69. The van der Waals surface area contributed by atoms with Crippen LogP contribution in [0.25, 0.3) is 22.4 Å². The third-order valence-corrected chi connectivity index (χ3v) is 7.86. The van der Waals surface area contributed by atoms with Crippen molar-refractivity contribution >= 4 is 28.7 Å². The summed E-state index contributed by atoms with van der Waals surface area (Å²) in [5, 5.41) is 9.79. The number of carbonyl (C=O) groups is 1. The Morgan fingerprint density at radius 3 is 2.71 bits per heavy atom. The van der Waals surface area contributed by atoms with Crippen molar-refractivity contribution < 1.29 is 23.8 Å². The van der Waals surface area contributed by atoms with Crippen molar-refractivity contribution in [3.63, 3.8) is 0 Å². The van der Waals surface area contributed by atoms with Crippen molar-refractivity contribution in [2.45, 2.75) is 43.9 Å². The Morgan fingerprint density at radius 2 is 1.93 bits per heavy atom. The normalized spacial score (nSPS) is 19.4. The molecule has 7 rings (SSSR count). The first-order chi connectivity index (χ1) is 20.4. The maximum atomic E-state index is 14.3. The van der Waals surface area contributed by atoms with Crippen LogP contribution in [-0.2, 0) is 17.9 Å². The Balaban J connectivity index is 1.16. The molecule has 1 aliphatic carbocycles. The highest BCUT2D eigenvalue weighted by molar-refractivity contribution is 6.30. The number of benzene rings is 1. The van der Waals surface area contributed by atoms with E-state index in [2.05, 4.69) is 19.9 Å². The second-order valence-corrected chi connectivity index (χ2v) is 10.8. The summed E-state index contributed by atoms with van der Waals surface area (Å²) in [5.41, 5.74) is 3.70. The topological polar surface area (TPSA) is 125 Å². The van der Waals surface area contributed by atoms with Gasteiger partial charge in [0.1, 0.15) is 29.5 Å². The highest BCUT2D eigenvalue weighted by Crippen LogP contribution is 2.54. The first-order valence-electron chi connectivity index (χ1n) is 13.5. The van der Waals surface area contributed by atoms with Crippen LogP contribution in [0.5, 0.6) is 5.88 Å². The number of ether oxygens (including phenoxy) is 2.